The minimum absolute atomic E-state index is 0.0376. The molecule has 0 radical (unpaired) electrons. The van der Waals surface area contributed by atoms with Crippen molar-refractivity contribution in [1.82, 2.24) is 21.0 Å². The normalized spacial score (nSPS) is 12.2. The highest BCUT2D eigenvalue weighted by atomic mass is 16.7. The Bertz CT molecular complexity index is 1890. The number of carbonyl (C=O) groups excluding carboxylic acids is 5. The minimum Gasteiger partial charge on any atom is -0.497 e. The van der Waals surface area contributed by atoms with Gasteiger partial charge in [-0.2, -0.15) is 5.06 Å². The first kappa shape index (κ1) is 44.8. The molecule has 4 amide bonds. The van der Waals surface area contributed by atoms with Crippen LogP contribution in [0.2, 0.25) is 0 Å². The Hall–Kier alpha value is -6.59. The molecule has 308 valence electrons. The second kappa shape index (κ2) is 22.1. The Morgan fingerprint density at radius 2 is 1.60 bits per heavy atom. The molecule has 1 heterocycles. The Kier molecular flexibility index (Phi) is 17.4. The van der Waals surface area contributed by atoms with Crippen molar-refractivity contribution >= 4 is 42.0 Å². The molecule has 2 aromatic carbocycles. The lowest BCUT2D eigenvalue weighted by atomic mass is 9.90. The SMILES string of the molecule is CCCCCC(C(=O)NCNC(=O)c1ccc(-c2ccc(C(=O)NC(CC(=O)O)C(=O)O)c(OCC)c2)o1)[C@@H](CC)N(C=O)OC(=O)c1ccc(OC)cc1OC. The molecular weight excluding hydrogens is 748 g/mol. The summed E-state index contributed by atoms with van der Waals surface area (Å²) in [7, 11) is 2.83. The highest BCUT2D eigenvalue weighted by Gasteiger charge is 2.34. The molecule has 0 aliphatic heterocycles. The average Bonchev–Trinajstić information content (AvgIpc) is 3.70. The maximum absolute atomic E-state index is 13.6. The van der Waals surface area contributed by atoms with Gasteiger partial charge in [0, 0.05) is 11.6 Å². The number of hydrogen-bond donors (Lipinski definition) is 5. The van der Waals surface area contributed by atoms with E-state index in [0.717, 1.165) is 17.9 Å². The van der Waals surface area contributed by atoms with Crippen LogP contribution in [-0.4, -0.2) is 96.9 Å². The zero-order valence-corrected chi connectivity index (χ0v) is 32.3. The third-order valence-electron chi connectivity index (χ3n) is 8.72. The van der Waals surface area contributed by atoms with Gasteiger partial charge in [0.25, 0.3) is 11.8 Å². The lowest BCUT2D eigenvalue weighted by Crippen LogP contribution is -2.49. The van der Waals surface area contributed by atoms with E-state index in [2.05, 4.69) is 16.0 Å². The number of aliphatic carboxylic acids is 2. The zero-order valence-electron chi connectivity index (χ0n) is 32.3. The summed E-state index contributed by atoms with van der Waals surface area (Å²) in [4.78, 5) is 92.9. The molecule has 5 N–H and O–H groups in total. The summed E-state index contributed by atoms with van der Waals surface area (Å²) in [5.74, 6) is -5.90. The standard InChI is InChI=1S/C39H48N4O14/c1-6-9-10-11-25(29(7-2)43(22-44)57-39(52)27-15-13-24(53-4)19-32(27)54-5)35(47)40-21-41-37(49)31-17-16-30(56-31)23-12-14-26(33(18-23)55-8-3)36(48)42-28(38(50)51)20-34(45)46/h12-19,22,25,28-29H,6-11,20-21H2,1-5H3,(H,40,47)(H,41,49)(H,42,48)(H,45,46)(H,50,51)/t25?,28?,29-/m1/s1. The van der Waals surface area contributed by atoms with Crippen LogP contribution >= 0.6 is 0 Å². The number of hydrogen-bond acceptors (Lipinski definition) is 12. The summed E-state index contributed by atoms with van der Waals surface area (Å²) >= 11 is 0. The lowest BCUT2D eigenvalue weighted by molar-refractivity contribution is -0.171. The number of nitrogens with zero attached hydrogens (tertiary/aromatic N) is 1. The molecule has 0 bridgehead atoms. The highest BCUT2D eigenvalue weighted by molar-refractivity contribution is 6.00. The first-order valence-electron chi connectivity index (χ1n) is 18.2. The van der Waals surface area contributed by atoms with Crippen LogP contribution in [0, 0.1) is 5.92 Å². The molecule has 0 fully saturated rings. The van der Waals surface area contributed by atoms with Crippen molar-refractivity contribution in [2.75, 3.05) is 27.5 Å². The van der Waals surface area contributed by atoms with E-state index in [1.807, 2.05) is 6.92 Å². The summed E-state index contributed by atoms with van der Waals surface area (Å²) in [6.07, 6.45) is 2.43. The molecule has 3 aromatic rings. The number of amides is 4. The molecule has 57 heavy (non-hydrogen) atoms. The Morgan fingerprint density at radius 3 is 2.21 bits per heavy atom. The Balaban J connectivity index is 1.71. The second-order valence-electron chi connectivity index (χ2n) is 12.5. The van der Waals surface area contributed by atoms with Crippen molar-refractivity contribution < 1.29 is 67.2 Å². The van der Waals surface area contributed by atoms with Crippen LogP contribution in [0.3, 0.4) is 0 Å². The van der Waals surface area contributed by atoms with E-state index in [1.54, 1.807) is 13.8 Å². The number of unbranched alkanes of at least 4 members (excludes halogenated alkanes) is 2. The third kappa shape index (κ3) is 12.5. The van der Waals surface area contributed by atoms with Crippen LogP contribution < -0.4 is 30.2 Å². The summed E-state index contributed by atoms with van der Waals surface area (Å²) in [5, 5.41) is 26.5. The van der Waals surface area contributed by atoms with Crippen molar-refractivity contribution in [3.8, 4) is 28.6 Å². The number of benzene rings is 2. The van der Waals surface area contributed by atoms with E-state index in [1.165, 1.54) is 62.8 Å². The van der Waals surface area contributed by atoms with Gasteiger partial charge in [-0.25, -0.2) is 9.59 Å². The van der Waals surface area contributed by atoms with Crippen molar-refractivity contribution in [1.29, 1.82) is 0 Å². The number of carboxylic acid groups (broad SMARTS) is 2. The van der Waals surface area contributed by atoms with Crippen LogP contribution in [0.1, 0.15) is 90.6 Å². The fraction of sp³-hybridized carbons (Fsp3) is 0.410. The van der Waals surface area contributed by atoms with Gasteiger partial charge in [-0.3, -0.25) is 24.0 Å². The third-order valence-corrected chi connectivity index (χ3v) is 8.72. The maximum atomic E-state index is 13.6. The van der Waals surface area contributed by atoms with Crippen LogP contribution in [0.25, 0.3) is 11.3 Å². The monoisotopic (exact) mass is 796 g/mol. The van der Waals surface area contributed by atoms with Crippen molar-refractivity contribution in [3.63, 3.8) is 0 Å². The fourth-order valence-corrected chi connectivity index (χ4v) is 5.83. The topological polar surface area (TPSA) is 249 Å². The number of carboxylic acids is 2. The molecular formula is C39H48N4O14. The molecule has 0 aliphatic rings. The number of methoxy groups -OCH3 is 2. The van der Waals surface area contributed by atoms with Gasteiger partial charge in [0.2, 0.25) is 12.3 Å². The van der Waals surface area contributed by atoms with Crippen LogP contribution in [0.4, 0.5) is 0 Å². The summed E-state index contributed by atoms with van der Waals surface area (Å²) in [6, 6.07) is 9.09. The number of ether oxygens (including phenoxy) is 3. The quantitative estimate of drug-likeness (QED) is 0.0372. The summed E-state index contributed by atoms with van der Waals surface area (Å²) < 4.78 is 21.8. The van der Waals surface area contributed by atoms with E-state index >= 15 is 0 Å². The number of hydroxylamine groups is 2. The highest BCUT2D eigenvalue weighted by Crippen LogP contribution is 2.30. The molecule has 0 saturated carbocycles. The van der Waals surface area contributed by atoms with Gasteiger partial charge in [0.05, 0.1) is 51.4 Å². The van der Waals surface area contributed by atoms with Crippen molar-refractivity contribution in [2.45, 2.75) is 71.4 Å². The minimum atomic E-state index is -1.67. The number of carbonyl (C=O) groups is 7. The molecule has 3 rings (SSSR count). The van der Waals surface area contributed by atoms with Gasteiger partial charge >= 0.3 is 17.9 Å². The van der Waals surface area contributed by atoms with Crippen LogP contribution in [-0.2, 0) is 24.0 Å². The molecule has 0 aliphatic carbocycles. The largest absolute Gasteiger partial charge is 0.497 e. The van der Waals surface area contributed by atoms with Gasteiger partial charge in [-0.15, -0.1) is 0 Å². The Morgan fingerprint density at radius 1 is 0.860 bits per heavy atom. The molecule has 3 atom stereocenters. The molecule has 0 spiro atoms. The van der Waals surface area contributed by atoms with Crippen molar-refractivity contribution in [2.24, 2.45) is 5.92 Å². The molecule has 2 unspecified atom stereocenters. The first-order valence-corrected chi connectivity index (χ1v) is 18.2. The van der Waals surface area contributed by atoms with Gasteiger partial charge in [-0.05, 0) is 56.2 Å². The van der Waals surface area contributed by atoms with Crippen LogP contribution in [0.5, 0.6) is 17.2 Å². The average molecular weight is 797 g/mol. The summed E-state index contributed by atoms with van der Waals surface area (Å²) in [5.41, 5.74) is 0.382. The molecule has 18 heteroatoms. The van der Waals surface area contributed by atoms with Crippen molar-refractivity contribution in [3.05, 3.63) is 65.4 Å². The molecule has 1 aromatic heterocycles. The number of furan rings is 1. The smallest absolute Gasteiger partial charge is 0.366 e. The van der Waals surface area contributed by atoms with Gasteiger partial charge in [-0.1, -0.05) is 39.2 Å². The van der Waals surface area contributed by atoms with E-state index in [0.29, 0.717) is 30.6 Å². The van der Waals surface area contributed by atoms with E-state index < -0.39 is 60.1 Å². The fourth-order valence-electron chi connectivity index (χ4n) is 5.83. The van der Waals surface area contributed by atoms with Gasteiger partial charge in [0.15, 0.2) is 5.76 Å². The van der Waals surface area contributed by atoms with E-state index in [9.17, 15) is 38.7 Å². The van der Waals surface area contributed by atoms with Gasteiger partial charge < -0.3 is 49.6 Å². The predicted molar refractivity (Wildman–Crippen MR) is 202 cm³/mol. The Labute approximate surface area is 328 Å². The molecule has 0 saturated heterocycles. The second-order valence-corrected chi connectivity index (χ2v) is 12.5. The maximum Gasteiger partial charge on any atom is 0.366 e. The van der Waals surface area contributed by atoms with E-state index in [-0.39, 0.29) is 53.8 Å². The number of rotatable bonds is 24. The predicted octanol–water partition coefficient (Wildman–Crippen LogP) is 4.03. The zero-order chi connectivity index (χ0) is 42.1. The first-order chi connectivity index (χ1) is 27.3. The number of nitrogens with one attached hydrogen (secondary N) is 3. The van der Waals surface area contributed by atoms with E-state index in [4.69, 9.17) is 28.6 Å². The van der Waals surface area contributed by atoms with Crippen LogP contribution in [0.15, 0.2) is 52.9 Å². The lowest BCUT2D eigenvalue weighted by Gasteiger charge is -2.32. The molecule has 18 nitrogen and oxygen atoms in total. The van der Waals surface area contributed by atoms with Gasteiger partial charge in [0.1, 0.15) is 34.6 Å². The summed E-state index contributed by atoms with van der Waals surface area (Å²) in [6.45, 7) is 5.23.